The summed E-state index contributed by atoms with van der Waals surface area (Å²) in [6.07, 6.45) is 5.81. The highest BCUT2D eigenvalue weighted by Crippen LogP contribution is 2.54. The van der Waals surface area contributed by atoms with Crippen LogP contribution in [-0.4, -0.2) is 25.4 Å². The molecule has 5 nitrogen and oxygen atoms in total. The Morgan fingerprint density at radius 2 is 2.11 bits per heavy atom. The Hall–Kier alpha value is -2.01. The van der Waals surface area contributed by atoms with Crippen LogP contribution in [-0.2, 0) is 16.1 Å². The number of benzene rings is 1. The number of carbonyl (C=O) groups is 1. The maximum atomic E-state index is 12.6. The van der Waals surface area contributed by atoms with Gasteiger partial charge in [-0.3, -0.25) is 4.79 Å². The highest BCUT2D eigenvalue weighted by molar-refractivity contribution is 5.76. The Bertz CT molecular complexity index is 832. The number of rotatable bonds is 4. The van der Waals surface area contributed by atoms with Crippen molar-refractivity contribution in [1.29, 1.82) is 0 Å². The van der Waals surface area contributed by atoms with Gasteiger partial charge >= 0.3 is 5.97 Å². The molecule has 2 aliphatic heterocycles. The third-order valence-electron chi connectivity index (χ3n) is 7.31. The monoisotopic (exact) mass is 383 g/mol. The fourth-order valence-electron chi connectivity index (χ4n) is 5.77. The van der Waals surface area contributed by atoms with E-state index in [9.17, 15) is 4.79 Å². The molecule has 0 amide bonds. The van der Waals surface area contributed by atoms with Crippen molar-refractivity contribution in [2.75, 3.05) is 13.3 Å². The van der Waals surface area contributed by atoms with Crippen molar-refractivity contribution in [2.24, 2.45) is 17.3 Å². The first-order chi connectivity index (χ1) is 13.5. The van der Waals surface area contributed by atoms with Crippen LogP contribution in [0.3, 0.4) is 0 Å². The van der Waals surface area contributed by atoms with Gasteiger partial charge in [0.1, 0.15) is 6.10 Å². The number of hydrogen-bond acceptors (Lipinski definition) is 5. The van der Waals surface area contributed by atoms with Crippen LogP contribution in [0, 0.1) is 17.3 Å². The van der Waals surface area contributed by atoms with Gasteiger partial charge in [-0.2, -0.15) is 0 Å². The standard InChI is InChI=1S/C23H29NO4/c1-14-4-3-7-23(2)10-21-16(9-18(14)23)17(22(25)28-21)12-24-11-15-5-6-19-20(8-15)27-13-26-19/h5-6,8,16-17,21,24H,3-4,7,9-13H2,1-2H3/t16-,17+,21-,23-/m1/s1. The van der Waals surface area contributed by atoms with Crippen LogP contribution in [0.1, 0.15) is 51.5 Å². The lowest BCUT2D eigenvalue weighted by atomic mass is 9.59. The van der Waals surface area contributed by atoms with Crippen molar-refractivity contribution >= 4 is 5.97 Å². The summed E-state index contributed by atoms with van der Waals surface area (Å²) in [5.41, 5.74) is 4.53. The lowest BCUT2D eigenvalue weighted by molar-refractivity contribution is -0.145. The van der Waals surface area contributed by atoms with E-state index in [0.29, 0.717) is 19.0 Å². The predicted octanol–water partition coefficient (Wildman–Crippen LogP) is 3.96. The number of esters is 1. The zero-order valence-corrected chi connectivity index (χ0v) is 16.8. The minimum Gasteiger partial charge on any atom is -0.462 e. The second kappa shape index (κ2) is 6.80. The van der Waals surface area contributed by atoms with E-state index in [1.807, 2.05) is 18.2 Å². The summed E-state index contributed by atoms with van der Waals surface area (Å²) in [6, 6.07) is 5.99. The Kier molecular flexibility index (Phi) is 4.38. The molecule has 0 radical (unpaired) electrons. The third-order valence-corrected chi connectivity index (χ3v) is 7.31. The molecule has 0 unspecified atom stereocenters. The predicted molar refractivity (Wildman–Crippen MR) is 105 cm³/mol. The molecule has 5 rings (SSSR count). The van der Waals surface area contributed by atoms with E-state index in [1.54, 1.807) is 11.1 Å². The summed E-state index contributed by atoms with van der Waals surface area (Å²) in [5.74, 6) is 1.84. The zero-order chi connectivity index (χ0) is 19.3. The summed E-state index contributed by atoms with van der Waals surface area (Å²) >= 11 is 0. The van der Waals surface area contributed by atoms with E-state index in [4.69, 9.17) is 14.2 Å². The number of nitrogens with one attached hydrogen (secondary N) is 1. The third kappa shape index (κ3) is 3.00. The van der Waals surface area contributed by atoms with E-state index in [2.05, 4.69) is 19.2 Å². The van der Waals surface area contributed by atoms with E-state index < -0.39 is 0 Å². The van der Waals surface area contributed by atoms with E-state index in [0.717, 1.165) is 29.9 Å². The topological polar surface area (TPSA) is 56.8 Å². The van der Waals surface area contributed by atoms with Crippen molar-refractivity contribution in [3.8, 4) is 11.5 Å². The smallest absolute Gasteiger partial charge is 0.310 e. The molecule has 1 aromatic rings. The molecule has 4 aliphatic rings. The van der Waals surface area contributed by atoms with Gasteiger partial charge in [-0.05, 0) is 62.1 Å². The first kappa shape index (κ1) is 18.0. The first-order valence-electron chi connectivity index (χ1n) is 10.5. The summed E-state index contributed by atoms with van der Waals surface area (Å²) < 4.78 is 16.7. The van der Waals surface area contributed by atoms with Crippen LogP contribution in [0.2, 0.25) is 0 Å². The highest BCUT2D eigenvalue weighted by Gasteiger charge is 2.52. The van der Waals surface area contributed by atoms with E-state index in [1.165, 1.54) is 19.3 Å². The average Bonchev–Trinajstić information content (AvgIpc) is 3.24. The molecule has 4 atom stereocenters. The number of carbonyl (C=O) groups excluding carboxylic acids is 1. The van der Waals surface area contributed by atoms with Crippen molar-refractivity contribution in [3.05, 3.63) is 34.9 Å². The molecule has 2 heterocycles. The van der Waals surface area contributed by atoms with Gasteiger partial charge in [0.05, 0.1) is 5.92 Å². The maximum absolute atomic E-state index is 12.6. The van der Waals surface area contributed by atoms with Gasteiger partial charge in [-0.1, -0.05) is 24.1 Å². The summed E-state index contributed by atoms with van der Waals surface area (Å²) in [5, 5.41) is 3.48. The Labute approximate surface area is 166 Å². The van der Waals surface area contributed by atoms with E-state index in [-0.39, 0.29) is 30.2 Å². The zero-order valence-electron chi connectivity index (χ0n) is 16.8. The number of fused-ring (bicyclic) bond motifs is 3. The van der Waals surface area contributed by atoms with Crippen molar-refractivity contribution in [1.82, 2.24) is 5.32 Å². The number of ether oxygens (including phenoxy) is 3. The van der Waals surface area contributed by atoms with Gasteiger partial charge < -0.3 is 19.5 Å². The first-order valence-corrected chi connectivity index (χ1v) is 10.5. The second-order valence-electron chi connectivity index (χ2n) is 9.15. The molecule has 0 spiro atoms. The maximum Gasteiger partial charge on any atom is 0.310 e. The van der Waals surface area contributed by atoms with Crippen molar-refractivity contribution in [3.63, 3.8) is 0 Å². The number of allylic oxidation sites excluding steroid dienone is 2. The molecule has 0 bridgehead atoms. The van der Waals surface area contributed by atoms with Crippen LogP contribution in [0.4, 0.5) is 0 Å². The van der Waals surface area contributed by atoms with Gasteiger partial charge in [0.25, 0.3) is 0 Å². The molecule has 2 fully saturated rings. The minimum atomic E-state index is -0.0502. The van der Waals surface area contributed by atoms with Crippen LogP contribution in [0.25, 0.3) is 0 Å². The van der Waals surface area contributed by atoms with Gasteiger partial charge in [0.15, 0.2) is 11.5 Å². The van der Waals surface area contributed by atoms with Gasteiger partial charge in [0, 0.05) is 19.0 Å². The Balaban J connectivity index is 1.25. The lowest BCUT2D eigenvalue weighted by Crippen LogP contribution is -2.40. The Morgan fingerprint density at radius 3 is 3.00 bits per heavy atom. The quantitative estimate of drug-likeness (QED) is 0.630. The summed E-state index contributed by atoms with van der Waals surface area (Å²) in [6.45, 7) is 6.32. The molecule has 5 heteroatoms. The molecule has 1 saturated heterocycles. The molecular formula is C23H29NO4. The highest BCUT2D eigenvalue weighted by atomic mass is 16.7. The molecule has 1 saturated carbocycles. The van der Waals surface area contributed by atoms with Crippen LogP contribution in [0.15, 0.2) is 29.3 Å². The second-order valence-corrected chi connectivity index (χ2v) is 9.15. The van der Waals surface area contributed by atoms with Crippen LogP contribution >= 0.6 is 0 Å². The molecule has 150 valence electrons. The van der Waals surface area contributed by atoms with Crippen molar-refractivity contribution < 1.29 is 19.0 Å². The summed E-state index contributed by atoms with van der Waals surface area (Å²) in [4.78, 5) is 12.6. The molecular weight excluding hydrogens is 354 g/mol. The Morgan fingerprint density at radius 1 is 1.25 bits per heavy atom. The van der Waals surface area contributed by atoms with Crippen LogP contribution in [0.5, 0.6) is 11.5 Å². The van der Waals surface area contributed by atoms with Gasteiger partial charge in [0.2, 0.25) is 6.79 Å². The van der Waals surface area contributed by atoms with Crippen molar-refractivity contribution in [2.45, 2.75) is 58.6 Å². The average molecular weight is 383 g/mol. The lowest BCUT2D eigenvalue weighted by Gasteiger charge is -2.45. The fraction of sp³-hybridized carbons (Fsp3) is 0.609. The van der Waals surface area contributed by atoms with Crippen LogP contribution < -0.4 is 14.8 Å². The fourth-order valence-corrected chi connectivity index (χ4v) is 5.77. The minimum absolute atomic E-state index is 0.0197. The number of hydrogen-bond donors (Lipinski definition) is 1. The molecule has 28 heavy (non-hydrogen) atoms. The molecule has 0 aromatic heterocycles. The largest absolute Gasteiger partial charge is 0.462 e. The summed E-state index contributed by atoms with van der Waals surface area (Å²) in [7, 11) is 0. The van der Waals surface area contributed by atoms with E-state index >= 15 is 0 Å². The molecule has 1 aromatic carbocycles. The molecule has 2 aliphatic carbocycles. The normalized spacial score (nSPS) is 33.5. The van der Waals surface area contributed by atoms with Gasteiger partial charge in [-0.25, -0.2) is 0 Å². The SMILES string of the molecule is CC1=C2C[C@@H]3[C@H](CNCc4ccc5c(c4)OCO5)C(=O)O[C@@H]3C[C@@]2(C)CCC1. The van der Waals surface area contributed by atoms with Gasteiger partial charge in [-0.15, -0.1) is 0 Å². The molecule has 1 N–H and O–H groups in total.